The third-order valence-corrected chi connectivity index (χ3v) is 16.8. The van der Waals surface area contributed by atoms with Crippen molar-refractivity contribution in [3.05, 3.63) is 243 Å². The quantitative estimate of drug-likeness (QED) is 0.167. The van der Waals surface area contributed by atoms with Crippen molar-refractivity contribution in [2.45, 2.75) is 0 Å². The topological polar surface area (TPSA) is 18.7 Å². The van der Waals surface area contributed by atoms with Crippen LogP contribution in [-0.2, 0) is 0 Å². The summed E-state index contributed by atoms with van der Waals surface area (Å²) in [5.74, 6) is 0. The van der Waals surface area contributed by atoms with Crippen molar-refractivity contribution in [3.8, 4) is 33.6 Å². The summed E-state index contributed by atoms with van der Waals surface area (Å²) in [6.07, 6.45) is 0. The third-order valence-electron chi connectivity index (χ3n) is 16.8. The van der Waals surface area contributed by atoms with Crippen LogP contribution in [0.15, 0.2) is 243 Å². The van der Waals surface area contributed by atoms with Gasteiger partial charge in [-0.3, -0.25) is 0 Å². The Morgan fingerprint density at radius 2 is 0.635 bits per heavy atom. The van der Waals surface area contributed by atoms with Gasteiger partial charge in [-0.1, -0.05) is 164 Å². The van der Waals surface area contributed by atoms with E-state index >= 15 is 0 Å². The highest BCUT2D eigenvalue weighted by Gasteiger charge is 2.26. The number of hydrogen-bond acceptors (Lipinski definition) is 0. The maximum atomic E-state index is 2.62. The molecule has 0 atom stereocenters. The van der Waals surface area contributed by atoms with Crippen LogP contribution in [0.4, 0.5) is 0 Å². The molecule has 0 aliphatic heterocycles. The first kappa shape index (κ1) is 38.8. The van der Waals surface area contributed by atoms with Crippen molar-refractivity contribution >= 4 is 131 Å². The molecule has 0 fully saturated rings. The fourth-order valence-electron chi connectivity index (χ4n) is 13.8. The smallest absolute Gasteiger partial charge is 0.0627 e. The van der Waals surface area contributed by atoms with Crippen molar-refractivity contribution < 1.29 is 0 Å². The average Bonchev–Trinajstić information content (AvgIpc) is 4.39. The summed E-state index contributed by atoms with van der Waals surface area (Å²) < 4.78 is 10.0. The highest BCUT2D eigenvalue weighted by molar-refractivity contribution is 6.35. The molecule has 340 valence electrons. The van der Waals surface area contributed by atoms with Crippen LogP contribution in [0.2, 0.25) is 0 Å². The number of rotatable bonds is 4. The highest BCUT2D eigenvalue weighted by atomic mass is 15.0. The van der Waals surface area contributed by atoms with Crippen LogP contribution < -0.4 is 0 Å². The first-order valence-corrected chi connectivity index (χ1v) is 25.7. The van der Waals surface area contributed by atoms with Gasteiger partial charge in [0.1, 0.15) is 0 Å². The Bertz CT molecular complexity index is 5420. The summed E-state index contributed by atoms with van der Waals surface area (Å²) in [5.41, 5.74) is 19.6. The molecule has 18 rings (SSSR count). The Hall–Kier alpha value is -9.90. The number of hydrogen-bond donors (Lipinski definition) is 0. The molecule has 0 saturated heterocycles. The van der Waals surface area contributed by atoms with Crippen LogP contribution in [0.5, 0.6) is 0 Å². The van der Waals surface area contributed by atoms with Gasteiger partial charge in [0, 0.05) is 87.1 Å². The summed E-state index contributed by atoms with van der Waals surface area (Å²) in [6, 6.07) is 90.6. The molecular formula is C70H40N4. The van der Waals surface area contributed by atoms with Gasteiger partial charge in [-0.25, -0.2) is 0 Å². The molecule has 0 unspecified atom stereocenters. The maximum absolute atomic E-state index is 2.62. The lowest BCUT2D eigenvalue weighted by Crippen LogP contribution is -1.93. The average molecular weight is 937 g/mol. The first-order valence-electron chi connectivity index (χ1n) is 25.7. The second-order valence-corrected chi connectivity index (χ2v) is 20.4. The summed E-state index contributed by atoms with van der Waals surface area (Å²) >= 11 is 0. The molecule has 12 aromatic carbocycles. The monoisotopic (exact) mass is 936 g/mol. The summed E-state index contributed by atoms with van der Waals surface area (Å²) in [7, 11) is 0. The van der Waals surface area contributed by atoms with Crippen LogP contribution in [0.1, 0.15) is 0 Å². The number of fused-ring (bicyclic) bond motifs is 20. The summed E-state index contributed by atoms with van der Waals surface area (Å²) in [4.78, 5) is 0. The van der Waals surface area contributed by atoms with E-state index < -0.39 is 0 Å². The van der Waals surface area contributed by atoms with Gasteiger partial charge < -0.3 is 17.9 Å². The lowest BCUT2D eigenvalue weighted by Gasteiger charge is -2.10. The largest absolute Gasteiger partial charge is 0.309 e. The highest BCUT2D eigenvalue weighted by Crippen LogP contribution is 2.50. The van der Waals surface area contributed by atoms with Gasteiger partial charge in [0.15, 0.2) is 0 Å². The Morgan fingerprint density at radius 3 is 1.24 bits per heavy atom. The van der Waals surface area contributed by atoms with Crippen molar-refractivity contribution in [1.82, 2.24) is 17.9 Å². The summed E-state index contributed by atoms with van der Waals surface area (Å²) in [5, 5.41) is 17.8. The zero-order valence-corrected chi connectivity index (χ0v) is 39.9. The second-order valence-electron chi connectivity index (χ2n) is 20.4. The van der Waals surface area contributed by atoms with Crippen LogP contribution >= 0.6 is 0 Å². The lowest BCUT2D eigenvalue weighted by molar-refractivity contribution is 1.18. The number of nitrogens with zero attached hydrogens (tertiary/aromatic N) is 4. The van der Waals surface area contributed by atoms with Crippen LogP contribution in [-0.4, -0.2) is 17.9 Å². The Kier molecular flexibility index (Phi) is 7.31. The third kappa shape index (κ3) is 4.83. The van der Waals surface area contributed by atoms with Crippen molar-refractivity contribution in [1.29, 1.82) is 0 Å². The standard InChI is InChI=1S/C70H40N4/c1-3-17-44(18-4-1)71-60-30-11-9-22-49(60)55-36-42(32-34-62(55)71)47-24-13-26-51-52-27-15-28-53-57-39-65-58(40-64(57)73(67(47)51)69(52)53)59-38-41-16-7-8-21-46(41)66-54-29-14-25-48(68(54)74(65)70(59)66)43-33-35-63-56(37-43)50-23-10-12-31-61(50)72(63)45-19-5-2-6-20-45/h1-40H. The molecule has 6 heterocycles. The molecule has 0 N–H and O–H groups in total. The van der Waals surface area contributed by atoms with E-state index in [1.807, 2.05) is 0 Å². The molecule has 6 aromatic heterocycles. The fraction of sp³-hybridized carbons (Fsp3) is 0. The lowest BCUT2D eigenvalue weighted by atomic mass is 9.97. The predicted molar refractivity (Wildman–Crippen MR) is 313 cm³/mol. The van der Waals surface area contributed by atoms with Gasteiger partial charge in [0.2, 0.25) is 0 Å². The molecular weight excluding hydrogens is 897 g/mol. The maximum Gasteiger partial charge on any atom is 0.0627 e. The van der Waals surface area contributed by atoms with Crippen LogP contribution in [0, 0.1) is 0 Å². The van der Waals surface area contributed by atoms with Crippen molar-refractivity contribution in [2.24, 2.45) is 0 Å². The van der Waals surface area contributed by atoms with Crippen molar-refractivity contribution in [2.75, 3.05) is 0 Å². The minimum absolute atomic E-state index is 1.17. The fourth-order valence-corrected chi connectivity index (χ4v) is 13.8. The zero-order chi connectivity index (χ0) is 47.9. The Labute approximate surface area is 422 Å². The predicted octanol–water partition coefficient (Wildman–Crippen LogP) is 18.7. The number of para-hydroxylation sites is 7. The minimum Gasteiger partial charge on any atom is -0.309 e. The van der Waals surface area contributed by atoms with Gasteiger partial charge >= 0.3 is 0 Å². The van der Waals surface area contributed by atoms with E-state index in [1.54, 1.807) is 0 Å². The van der Waals surface area contributed by atoms with E-state index in [-0.39, 0.29) is 0 Å². The number of aromatic nitrogens is 4. The zero-order valence-electron chi connectivity index (χ0n) is 39.9. The van der Waals surface area contributed by atoms with E-state index in [9.17, 15) is 0 Å². The Balaban J connectivity index is 0.929. The molecule has 0 saturated carbocycles. The van der Waals surface area contributed by atoms with Crippen LogP contribution in [0.3, 0.4) is 0 Å². The van der Waals surface area contributed by atoms with Crippen molar-refractivity contribution in [3.63, 3.8) is 0 Å². The second kappa shape index (κ2) is 13.9. The minimum atomic E-state index is 1.17. The van der Waals surface area contributed by atoms with Gasteiger partial charge in [-0.05, 0) is 101 Å². The van der Waals surface area contributed by atoms with E-state index in [1.165, 1.54) is 164 Å². The molecule has 4 nitrogen and oxygen atoms in total. The molecule has 74 heavy (non-hydrogen) atoms. The van der Waals surface area contributed by atoms with Gasteiger partial charge in [-0.15, -0.1) is 0 Å². The molecule has 0 bridgehead atoms. The van der Waals surface area contributed by atoms with E-state index in [0.29, 0.717) is 0 Å². The molecule has 0 amide bonds. The van der Waals surface area contributed by atoms with E-state index in [4.69, 9.17) is 0 Å². The molecule has 0 aliphatic carbocycles. The first-order chi connectivity index (χ1) is 36.7. The van der Waals surface area contributed by atoms with E-state index in [2.05, 4.69) is 261 Å². The molecule has 18 aromatic rings. The number of benzene rings is 12. The molecule has 4 heteroatoms. The van der Waals surface area contributed by atoms with E-state index in [0.717, 1.165) is 0 Å². The normalized spacial score (nSPS) is 12.6. The SMILES string of the molecule is c1ccc(-n2c3ccccc3c3cc(-c4cccc5c6cccc7c8cc9c(cc8n(c45)c76)c4cc5ccccc5c5c6cccc(-c7ccc8c(c7)c7ccccc7n8-c7ccccc7)c6n9c45)ccc32)cc1. The van der Waals surface area contributed by atoms with Gasteiger partial charge in [0.05, 0.1) is 55.2 Å². The van der Waals surface area contributed by atoms with Gasteiger partial charge in [-0.2, -0.15) is 0 Å². The Morgan fingerprint density at radius 1 is 0.216 bits per heavy atom. The summed E-state index contributed by atoms with van der Waals surface area (Å²) in [6.45, 7) is 0. The molecule has 0 spiro atoms. The molecule has 0 aliphatic rings. The van der Waals surface area contributed by atoms with Gasteiger partial charge in [0.25, 0.3) is 0 Å². The molecule has 0 radical (unpaired) electrons. The van der Waals surface area contributed by atoms with Crippen LogP contribution in [0.25, 0.3) is 164 Å².